The zero-order valence-electron chi connectivity index (χ0n) is 10.5. The second kappa shape index (κ2) is 5.45. The smallest absolute Gasteiger partial charge is 0.326 e. The number of aliphatic carboxylic acids is 1. The van der Waals surface area contributed by atoms with E-state index in [1.54, 1.807) is 4.90 Å². The Morgan fingerprint density at radius 3 is 2.63 bits per heavy atom. The van der Waals surface area contributed by atoms with Crippen molar-refractivity contribution in [2.24, 2.45) is 0 Å². The number of carbonyl (C=O) groups is 2. The standard InChI is InChI=1S/C12H17N3O4/c13-4-1-5-14(8-2-3-8)12(19)15-7-9(16)6-10(15)11(17)18/h8-10,16H,1-3,5-7H2,(H,17,18)/t9-,10-/m1/s1. The number of rotatable bonds is 4. The van der Waals surface area contributed by atoms with E-state index in [9.17, 15) is 14.7 Å². The van der Waals surface area contributed by atoms with E-state index < -0.39 is 18.1 Å². The predicted octanol–water partition coefficient (Wildman–Crippen LogP) is 0.00428. The number of urea groups is 1. The zero-order valence-corrected chi connectivity index (χ0v) is 10.5. The van der Waals surface area contributed by atoms with Crippen molar-refractivity contribution in [1.29, 1.82) is 5.26 Å². The van der Waals surface area contributed by atoms with Gasteiger partial charge in [-0.05, 0) is 12.8 Å². The largest absolute Gasteiger partial charge is 0.480 e. The van der Waals surface area contributed by atoms with Crippen LogP contribution in [0.5, 0.6) is 0 Å². The molecule has 2 aliphatic rings. The number of nitriles is 1. The second-order valence-electron chi connectivity index (χ2n) is 5.01. The molecule has 2 fully saturated rings. The van der Waals surface area contributed by atoms with Gasteiger partial charge in [-0.3, -0.25) is 0 Å². The Morgan fingerprint density at radius 1 is 1.42 bits per heavy atom. The summed E-state index contributed by atoms with van der Waals surface area (Å²) in [6.07, 6.45) is 1.30. The number of carboxylic acid groups (broad SMARTS) is 1. The SMILES string of the molecule is N#CCCN(C(=O)N1C[C@H](O)C[C@@H]1C(=O)O)C1CC1. The minimum absolute atomic E-state index is 0.0472. The van der Waals surface area contributed by atoms with Gasteiger partial charge in [-0.15, -0.1) is 0 Å². The van der Waals surface area contributed by atoms with Gasteiger partial charge in [-0.1, -0.05) is 0 Å². The molecule has 0 spiro atoms. The number of nitrogens with zero attached hydrogens (tertiary/aromatic N) is 3. The molecule has 19 heavy (non-hydrogen) atoms. The molecule has 1 aliphatic carbocycles. The molecule has 1 aliphatic heterocycles. The minimum Gasteiger partial charge on any atom is -0.480 e. The van der Waals surface area contributed by atoms with Crippen LogP contribution in [0.15, 0.2) is 0 Å². The summed E-state index contributed by atoms with van der Waals surface area (Å²) in [6.45, 7) is 0.366. The summed E-state index contributed by atoms with van der Waals surface area (Å²) in [6, 6.07) is 0.769. The molecule has 0 radical (unpaired) electrons. The number of aliphatic hydroxyl groups excluding tert-OH is 1. The quantitative estimate of drug-likeness (QED) is 0.746. The van der Waals surface area contributed by atoms with Gasteiger partial charge in [0.15, 0.2) is 0 Å². The lowest BCUT2D eigenvalue weighted by atomic mass is 10.2. The average Bonchev–Trinajstić information content (AvgIpc) is 3.11. The van der Waals surface area contributed by atoms with E-state index in [2.05, 4.69) is 0 Å². The first-order valence-corrected chi connectivity index (χ1v) is 6.39. The topological polar surface area (TPSA) is 105 Å². The highest BCUT2D eigenvalue weighted by atomic mass is 16.4. The van der Waals surface area contributed by atoms with Crippen molar-refractivity contribution in [2.45, 2.75) is 43.9 Å². The third-order valence-electron chi connectivity index (χ3n) is 3.51. The Labute approximate surface area is 111 Å². The number of carboxylic acids is 1. The summed E-state index contributed by atoms with van der Waals surface area (Å²) >= 11 is 0. The summed E-state index contributed by atoms with van der Waals surface area (Å²) in [7, 11) is 0. The maximum absolute atomic E-state index is 12.4. The van der Waals surface area contributed by atoms with Crippen LogP contribution in [0, 0.1) is 11.3 Å². The van der Waals surface area contributed by atoms with Crippen LogP contribution in [0.3, 0.4) is 0 Å². The fraction of sp³-hybridized carbons (Fsp3) is 0.750. The third kappa shape index (κ3) is 2.96. The van der Waals surface area contributed by atoms with Crippen LogP contribution in [0.1, 0.15) is 25.7 Å². The first-order valence-electron chi connectivity index (χ1n) is 6.39. The molecule has 0 aromatic heterocycles. The minimum atomic E-state index is -1.10. The maximum atomic E-state index is 12.4. The number of amides is 2. The lowest BCUT2D eigenvalue weighted by Gasteiger charge is -2.29. The molecule has 7 heteroatoms. The van der Waals surface area contributed by atoms with Crippen molar-refractivity contribution in [3.8, 4) is 6.07 Å². The van der Waals surface area contributed by atoms with E-state index >= 15 is 0 Å². The van der Waals surface area contributed by atoms with E-state index in [0.717, 1.165) is 12.8 Å². The van der Waals surface area contributed by atoms with Crippen LogP contribution in [-0.2, 0) is 4.79 Å². The Morgan fingerprint density at radius 2 is 2.11 bits per heavy atom. The Kier molecular flexibility index (Phi) is 3.90. The summed E-state index contributed by atoms with van der Waals surface area (Å²) in [5.41, 5.74) is 0. The number of hydrogen-bond acceptors (Lipinski definition) is 4. The van der Waals surface area contributed by atoms with Crippen LogP contribution in [0.25, 0.3) is 0 Å². The predicted molar refractivity (Wildman–Crippen MR) is 64.1 cm³/mol. The van der Waals surface area contributed by atoms with Gasteiger partial charge in [0, 0.05) is 25.6 Å². The molecule has 1 saturated carbocycles. The first-order chi connectivity index (χ1) is 9.04. The molecular formula is C12H17N3O4. The summed E-state index contributed by atoms with van der Waals surface area (Å²) in [5.74, 6) is -1.10. The van der Waals surface area contributed by atoms with Crippen molar-refractivity contribution in [2.75, 3.05) is 13.1 Å². The molecule has 0 unspecified atom stereocenters. The highest BCUT2D eigenvalue weighted by Crippen LogP contribution is 2.30. The summed E-state index contributed by atoms with van der Waals surface area (Å²) in [4.78, 5) is 26.2. The van der Waals surface area contributed by atoms with E-state index in [-0.39, 0.29) is 31.5 Å². The fourth-order valence-corrected chi connectivity index (χ4v) is 2.42. The van der Waals surface area contributed by atoms with Crippen molar-refractivity contribution >= 4 is 12.0 Å². The molecule has 1 heterocycles. The van der Waals surface area contributed by atoms with Crippen LogP contribution in [0.2, 0.25) is 0 Å². The molecule has 2 rings (SSSR count). The number of carbonyl (C=O) groups excluding carboxylic acids is 1. The van der Waals surface area contributed by atoms with Crippen molar-refractivity contribution in [3.63, 3.8) is 0 Å². The van der Waals surface area contributed by atoms with E-state index in [1.165, 1.54) is 4.90 Å². The lowest BCUT2D eigenvalue weighted by molar-refractivity contribution is -0.141. The highest BCUT2D eigenvalue weighted by Gasteiger charge is 2.43. The number of β-amino-alcohol motifs (C(OH)–C–C–N with tert-alkyl or cyclic N) is 1. The molecule has 2 amide bonds. The fourth-order valence-electron chi connectivity index (χ4n) is 2.42. The van der Waals surface area contributed by atoms with Gasteiger partial charge in [-0.25, -0.2) is 9.59 Å². The van der Waals surface area contributed by atoms with Crippen LogP contribution in [-0.4, -0.2) is 63.3 Å². The normalized spacial score (nSPS) is 26.0. The van der Waals surface area contributed by atoms with Crippen molar-refractivity contribution in [1.82, 2.24) is 9.80 Å². The monoisotopic (exact) mass is 267 g/mol. The van der Waals surface area contributed by atoms with Crippen LogP contribution < -0.4 is 0 Å². The van der Waals surface area contributed by atoms with Crippen LogP contribution in [0.4, 0.5) is 4.79 Å². The van der Waals surface area contributed by atoms with Gasteiger partial charge in [-0.2, -0.15) is 5.26 Å². The zero-order chi connectivity index (χ0) is 14.0. The van der Waals surface area contributed by atoms with Crippen LogP contribution >= 0.6 is 0 Å². The molecule has 2 atom stereocenters. The molecular weight excluding hydrogens is 250 g/mol. The van der Waals surface area contributed by atoms with E-state index in [1.807, 2.05) is 6.07 Å². The molecule has 2 N–H and O–H groups in total. The molecule has 1 saturated heterocycles. The van der Waals surface area contributed by atoms with Gasteiger partial charge >= 0.3 is 12.0 Å². The van der Waals surface area contributed by atoms with Crippen molar-refractivity contribution < 1.29 is 19.8 Å². The Hall–Kier alpha value is -1.81. The number of likely N-dealkylation sites (tertiary alicyclic amines) is 1. The molecule has 104 valence electrons. The van der Waals surface area contributed by atoms with Gasteiger partial charge < -0.3 is 20.0 Å². The Bertz CT molecular complexity index is 416. The molecule has 0 aromatic rings. The van der Waals surface area contributed by atoms with Gasteiger partial charge in [0.05, 0.1) is 18.6 Å². The van der Waals surface area contributed by atoms with E-state index in [0.29, 0.717) is 6.54 Å². The number of hydrogen-bond donors (Lipinski definition) is 2. The van der Waals surface area contributed by atoms with Gasteiger partial charge in [0.1, 0.15) is 6.04 Å². The molecule has 7 nitrogen and oxygen atoms in total. The maximum Gasteiger partial charge on any atom is 0.326 e. The third-order valence-corrected chi connectivity index (χ3v) is 3.51. The summed E-state index contributed by atoms with van der Waals surface area (Å²) in [5, 5.41) is 27.2. The van der Waals surface area contributed by atoms with E-state index in [4.69, 9.17) is 10.4 Å². The Balaban J connectivity index is 2.07. The lowest BCUT2D eigenvalue weighted by Crippen LogP contribution is -2.49. The molecule has 0 aromatic carbocycles. The summed E-state index contributed by atoms with van der Waals surface area (Å²) < 4.78 is 0. The molecule has 0 bridgehead atoms. The van der Waals surface area contributed by atoms with Gasteiger partial charge in [0.2, 0.25) is 0 Å². The first kappa shape index (κ1) is 13.6. The number of aliphatic hydroxyl groups is 1. The highest BCUT2D eigenvalue weighted by molar-refractivity contribution is 5.83. The van der Waals surface area contributed by atoms with Gasteiger partial charge in [0.25, 0.3) is 0 Å². The second-order valence-corrected chi connectivity index (χ2v) is 5.01. The van der Waals surface area contributed by atoms with Crippen molar-refractivity contribution in [3.05, 3.63) is 0 Å². The average molecular weight is 267 g/mol.